The summed E-state index contributed by atoms with van der Waals surface area (Å²) in [6, 6.07) is 13.0. The summed E-state index contributed by atoms with van der Waals surface area (Å²) in [4.78, 5) is 23.8. The molecule has 2 N–H and O–H groups in total. The molecule has 2 aromatic rings. The van der Waals surface area contributed by atoms with Crippen molar-refractivity contribution in [1.29, 1.82) is 0 Å². The van der Waals surface area contributed by atoms with Gasteiger partial charge in [0.2, 0.25) is 15.9 Å². The molecule has 1 aliphatic rings. The first-order valence-corrected chi connectivity index (χ1v) is 11.0. The molecular formula is C21H24N4O4S. The van der Waals surface area contributed by atoms with Gasteiger partial charge < -0.3 is 5.32 Å². The Labute approximate surface area is 176 Å². The molecular weight excluding hydrogens is 404 g/mol. The number of nitrogens with zero attached hydrogens (tertiary/aromatic N) is 2. The van der Waals surface area contributed by atoms with Gasteiger partial charge in [-0.05, 0) is 55.7 Å². The van der Waals surface area contributed by atoms with Gasteiger partial charge in [0.25, 0.3) is 5.91 Å². The number of carbonyl (C=O) groups is 2. The van der Waals surface area contributed by atoms with Crippen LogP contribution < -0.4 is 10.7 Å². The van der Waals surface area contributed by atoms with E-state index in [-0.39, 0.29) is 16.4 Å². The topological polar surface area (TPSA) is 108 Å². The van der Waals surface area contributed by atoms with Crippen molar-refractivity contribution in [3.8, 4) is 0 Å². The van der Waals surface area contributed by atoms with Crippen molar-refractivity contribution in [1.82, 2.24) is 9.73 Å². The van der Waals surface area contributed by atoms with E-state index in [1.807, 2.05) is 0 Å². The highest BCUT2D eigenvalue weighted by Crippen LogP contribution is 2.21. The number of nitrogens with one attached hydrogen (secondary N) is 2. The molecule has 0 bridgehead atoms. The number of rotatable bonds is 6. The van der Waals surface area contributed by atoms with Gasteiger partial charge in [0.15, 0.2) is 0 Å². The van der Waals surface area contributed by atoms with Gasteiger partial charge in [-0.15, -0.1) is 0 Å². The number of amides is 2. The van der Waals surface area contributed by atoms with Gasteiger partial charge in [-0.1, -0.05) is 18.2 Å². The Morgan fingerprint density at radius 3 is 2.33 bits per heavy atom. The number of benzene rings is 2. The third-order valence-corrected chi connectivity index (χ3v) is 6.62. The Balaban J connectivity index is 1.74. The number of hydrogen-bond donors (Lipinski definition) is 2. The van der Waals surface area contributed by atoms with Crippen LogP contribution in [0.5, 0.6) is 0 Å². The van der Waals surface area contributed by atoms with Gasteiger partial charge >= 0.3 is 0 Å². The van der Waals surface area contributed by atoms with Crippen molar-refractivity contribution in [3.05, 3.63) is 59.7 Å². The maximum Gasteiger partial charge on any atom is 0.271 e. The van der Waals surface area contributed by atoms with Crippen LogP contribution in [-0.4, -0.2) is 43.3 Å². The van der Waals surface area contributed by atoms with Gasteiger partial charge in [0.1, 0.15) is 0 Å². The Hall–Kier alpha value is -3.04. The number of hydrazone groups is 1. The molecule has 0 aromatic heterocycles. The summed E-state index contributed by atoms with van der Waals surface area (Å²) in [5, 5.41) is 6.80. The number of carbonyl (C=O) groups excluding carboxylic acids is 2. The van der Waals surface area contributed by atoms with Gasteiger partial charge in [-0.3, -0.25) is 9.59 Å². The summed E-state index contributed by atoms with van der Waals surface area (Å²) in [5.41, 5.74) is 4.56. The quantitative estimate of drug-likeness (QED) is 0.544. The van der Waals surface area contributed by atoms with Crippen LogP contribution in [0.4, 0.5) is 5.69 Å². The van der Waals surface area contributed by atoms with Crippen LogP contribution in [0.1, 0.15) is 42.6 Å². The van der Waals surface area contributed by atoms with E-state index in [2.05, 4.69) is 15.8 Å². The van der Waals surface area contributed by atoms with E-state index >= 15 is 0 Å². The molecule has 8 nitrogen and oxygen atoms in total. The molecule has 30 heavy (non-hydrogen) atoms. The molecule has 1 aliphatic heterocycles. The third-order valence-electron chi connectivity index (χ3n) is 4.72. The fourth-order valence-corrected chi connectivity index (χ4v) is 4.73. The monoisotopic (exact) mass is 428 g/mol. The van der Waals surface area contributed by atoms with Gasteiger partial charge in [-0.2, -0.15) is 9.41 Å². The van der Waals surface area contributed by atoms with E-state index in [0.717, 1.165) is 18.4 Å². The number of sulfonamides is 1. The Morgan fingerprint density at radius 2 is 1.63 bits per heavy atom. The van der Waals surface area contributed by atoms with E-state index in [0.29, 0.717) is 24.5 Å². The molecule has 1 heterocycles. The summed E-state index contributed by atoms with van der Waals surface area (Å²) in [5.74, 6) is -0.690. The molecule has 0 saturated carbocycles. The molecule has 3 rings (SSSR count). The molecule has 2 aromatic carbocycles. The highest BCUT2D eigenvalue weighted by Gasteiger charge is 2.27. The molecule has 2 amide bonds. The van der Waals surface area contributed by atoms with E-state index in [1.54, 1.807) is 43.3 Å². The Kier molecular flexibility index (Phi) is 6.63. The van der Waals surface area contributed by atoms with Gasteiger partial charge in [0, 0.05) is 31.3 Å². The molecule has 0 spiro atoms. The van der Waals surface area contributed by atoms with Crippen molar-refractivity contribution in [2.45, 2.75) is 31.6 Å². The molecule has 1 saturated heterocycles. The predicted octanol–water partition coefficient (Wildman–Crippen LogP) is 2.58. The minimum Gasteiger partial charge on any atom is -0.326 e. The second-order valence-electron chi connectivity index (χ2n) is 7.04. The van der Waals surface area contributed by atoms with Crippen LogP contribution in [0.2, 0.25) is 0 Å². The fourth-order valence-electron chi connectivity index (χ4n) is 3.16. The first-order valence-electron chi connectivity index (χ1n) is 9.60. The summed E-state index contributed by atoms with van der Waals surface area (Å²) >= 11 is 0. The second-order valence-corrected chi connectivity index (χ2v) is 8.98. The standard InChI is InChI=1S/C21H24N4O4S/c1-15(17-7-5-9-19(13-17)22-16(2)26)23-24-21(27)18-8-6-10-20(14-18)30(28,29)25-11-3-4-12-25/h5-10,13-14H,3-4,11-12H2,1-2H3,(H,22,26)(H,24,27). The third kappa shape index (κ3) is 5.11. The largest absolute Gasteiger partial charge is 0.326 e. The number of hydrogen-bond acceptors (Lipinski definition) is 5. The van der Waals surface area contributed by atoms with E-state index in [4.69, 9.17) is 0 Å². The van der Waals surface area contributed by atoms with Gasteiger partial charge in [-0.25, -0.2) is 13.8 Å². The molecule has 0 aliphatic carbocycles. The first-order chi connectivity index (χ1) is 14.3. The van der Waals surface area contributed by atoms with Crippen LogP contribution >= 0.6 is 0 Å². The maximum atomic E-state index is 12.7. The minimum atomic E-state index is -3.60. The van der Waals surface area contributed by atoms with Crippen LogP contribution in [0.3, 0.4) is 0 Å². The van der Waals surface area contributed by atoms with Crippen molar-refractivity contribution in [3.63, 3.8) is 0 Å². The smallest absolute Gasteiger partial charge is 0.271 e. The van der Waals surface area contributed by atoms with Crippen molar-refractivity contribution in [2.75, 3.05) is 18.4 Å². The zero-order chi connectivity index (χ0) is 21.7. The van der Waals surface area contributed by atoms with Crippen LogP contribution in [-0.2, 0) is 14.8 Å². The maximum absolute atomic E-state index is 12.7. The van der Waals surface area contributed by atoms with E-state index in [1.165, 1.54) is 23.4 Å². The highest BCUT2D eigenvalue weighted by atomic mass is 32.2. The van der Waals surface area contributed by atoms with E-state index in [9.17, 15) is 18.0 Å². The minimum absolute atomic E-state index is 0.0979. The Morgan fingerprint density at radius 1 is 0.967 bits per heavy atom. The lowest BCUT2D eigenvalue weighted by Crippen LogP contribution is -2.28. The van der Waals surface area contributed by atoms with Crippen molar-refractivity contribution >= 4 is 33.2 Å². The molecule has 158 valence electrons. The normalized spacial score (nSPS) is 15.1. The van der Waals surface area contributed by atoms with Crippen molar-refractivity contribution in [2.24, 2.45) is 5.10 Å². The summed E-state index contributed by atoms with van der Waals surface area (Å²) < 4.78 is 26.8. The summed E-state index contributed by atoms with van der Waals surface area (Å²) in [7, 11) is -3.60. The number of anilines is 1. The lowest BCUT2D eigenvalue weighted by atomic mass is 10.1. The molecule has 9 heteroatoms. The first kappa shape index (κ1) is 21.7. The molecule has 1 fully saturated rings. The average Bonchev–Trinajstić information content (AvgIpc) is 3.27. The molecule has 0 atom stereocenters. The SMILES string of the molecule is CC(=O)Nc1cccc(C(C)=NNC(=O)c2cccc(S(=O)(=O)N3CCCC3)c2)c1. The fraction of sp³-hybridized carbons (Fsp3) is 0.286. The zero-order valence-electron chi connectivity index (χ0n) is 16.9. The lowest BCUT2D eigenvalue weighted by molar-refractivity contribution is -0.114. The van der Waals surface area contributed by atoms with E-state index < -0.39 is 15.9 Å². The molecule has 0 unspecified atom stereocenters. The second kappa shape index (κ2) is 9.19. The summed E-state index contributed by atoms with van der Waals surface area (Å²) in [6.45, 7) is 4.15. The zero-order valence-corrected chi connectivity index (χ0v) is 17.7. The average molecular weight is 429 g/mol. The van der Waals surface area contributed by atoms with Gasteiger partial charge in [0.05, 0.1) is 10.6 Å². The highest BCUT2D eigenvalue weighted by molar-refractivity contribution is 7.89. The van der Waals surface area contributed by atoms with Crippen molar-refractivity contribution < 1.29 is 18.0 Å². The lowest BCUT2D eigenvalue weighted by Gasteiger charge is -2.15. The van der Waals surface area contributed by atoms with Crippen LogP contribution in [0, 0.1) is 0 Å². The predicted molar refractivity (Wildman–Crippen MR) is 115 cm³/mol. The molecule has 0 radical (unpaired) electrons. The Bertz CT molecular complexity index is 1090. The summed E-state index contributed by atoms with van der Waals surface area (Å²) in [6.07, 6.45) is 1.69. The van der Waals surface area contributed by atoms with Crippen LogP contribution in [0.25, 0.3) is 0 Å². The van der Waals surface area contributed by atoms with Crippen LogP contribution in [0.15, 0.2) is 58.5 Å².